The normalized spacial score (nSPS) is 19.0. The lowest BCUT2D eigenvalue weighted by molar-refractivity contribution is -0.724. The van der Waals surface area contributed by atoms with E-state index in [0.29, 0.717) is 28.6 Å². The predicted octanol–water partition coefficient (Wildman–Crippen LogP) is 0.863. The fraction of sp³-hybridized carbons (Fsp3) is 0.316. The molecule has 2 heterocycles. The molecule has 7 heteroatoms. The second-order valence-corrected chi connectivity index (χ2v) is 7.22. The van der Waals surface area contributed by atoms with Crippen LogP contribution in [0.5, 0.6) is 6.01 Å². The summed E-state index contributed by atoms with van der Waals surface area (Å²) in [7, 11) is 3.24. The van der Waals surface area contributed by atoms with E-state index < -0.39 is 5.92 Å². The molecule has 1 atom stereocenters. The topological polar surface area (TPSA) is 80.3 Å². The zero-order chi connectivity index (χ0) is 18.6. The molecule has 0 saturated carbocycles. The molecule has 1 unspecified atom stereocenters. The van der Waals surface area contributed by atoms with Gasteiger partial charge in [0.2, 0.25) is 0 Å². The van der Waals surface area contributed by atoms with Crippen molar-refractivity contribution < 1.29 is 19.8 Å². The molecule has 0 radical (unpaired) electrons. The Hall–Kier alpha value is -2.60. The molecule has 0 saturated heterocycles. The number of hydrogen-bond acceptors (Lipinski definition) is 3. The van der Waals surface area contributed by atoms with E-state index in [9.17, 15) is 15.0 Å². The highest BCUT2D eigenvalue weighted by Gasteiger charge is 2.44. The van der Waals surface area contributed by atoms with E-state index in [0.717, 1.165) is 29.7 Å². The molecule has 0 fully saturated rings. The summed E-state index contributed by atoms with van der Waals surface area (Å²) in [5.41, 5.74) is 2.73. The van der Waals surface area contributed by atoms with Gasteiger partial charge in [0.15, 0.2) is 5.56 Å². The van der Waals surface area contributed by atoms with Crippen molar-refractivity contribution >= 4 is 23.1 Å². The van der Waals surface area contributed by atoms with Gasteiger partial charge in [0.25, 0.3) is 0 Å². The molecule has 2 aromatic rings. The first-order chi connectivity index (χ1) is 12.4. The highest BCUT2D eigenvalue weighted by molar-refractivity contribution is 6.30. The van der Waals surface area contributed by atoms with E-state index >= 15 is 0 Å². The van der Waals surface area contributed by atoms with Gasteiger partial charge in [-0.05, 0) is 24.1 Å². The SMILES string of the molecule is Cn1c(O)[n+](C)c2c(c1=O)C(c1ccc(Cl)cc1)C1=C(O)CCCC1=[NH+]2. The number of aliphatic hydroxyl groups is 1. The summed E-state index contributed by atoms with van der Waals surface area (Å²) in [6.45, 7) is 0. The van der Waals surface area contributed by atoms with Crippen LogP contribution in [0.2, 0.25) is 5.02 Å². The van der Waals surface area contributed by atoms with Gasteiger partial charge >= 0.3 is 17.4 Å². The Labute approximate surface area is 155 Å². The van der Waals surface area contributed by atoms with Gasteiger partial charge in [0.1, 0.15) is 25.6 Å². The molecule has 26 heavy (non-hydrogen) atoms. The fourth-order valence-electron chi connectivity index (χ4n) is 3.91. The van der Waals surface area contributed by atoms with Crippen molar-refractivity contribution in [1.82, 2.24) is 4.57 Å². The number of aliphatic hydroxyl groups excluding tert-OH is 1. The zero-order valence-corrected chi connectivity index (χ0v) is 15.3. The summed E-state index contributed by atoms with van der Waals surface area (Å²) in [6.07, 6.45) is 2.20. The molecular weight excluding hydrogens is 354 g/mol. The van der Waals surface area contributed by atoms with Crippen LogP contribution >= 0.6 is 11.6 Å². The molecule has 1 aliphatic heterocycles. The van der Waals surface area contributed by atoms with Gasteiger partial charge in [-0.3, -0.25) is 0 Å². The third-order valence-electron chi connectivity index (χ3n) is 5.25. The molecule has 6 nitrogen and oxygen atoms in total. The Morgan fingerprint density at radius 1 is 1.23 bits per heavy atom. The number of rotatable bonds is 1. The van der Waals surface area contributed by atoms with E-state index in [1.807, 2.05) is 12.1 Å². The molecule has 0 spiro atoms. The van der Waals surface area contributed by atoms with Crippen LogP contribution in [0.3, 0.4) is 0 Å². The van der Waals surface area contributed by atoms with Gasteiger partial charge in [-0.15, -0.1) is 9.13 Å². The minimum atomic E-state index is -0.413. The first-order valence-corrected chi connectivity index (χ1v) is 8.90. The second-order valence-electron chi connectivity index (χ2n) is 6.79. The molecule has 2 aliphatic rings. The number of fused-ring (bicyclic) bond motifs is 2. The Bertz CT molecular complexity index is 1040. The van der Waals surface area contributed by atoms with E-state index in [4.69, 9.17) is 11.6 Å². The van der Waals surface area contributed by atoms with Gasteiger partial charge in [0.05, 0.1) is 11.5 Å². The van der Waals surface area contributed by atoms with E-state index in [-0.39, 0.29) is 11.6 Å². The quantitative estimate of drug-likeness (QED) is 0.649. The number of nitrogens with one attached hydrogen (secondary N) is 1. The van der Waals surface area contributed by atoms with Gasteiger partial charge in [-0.1, -0.05) is 23.7 Å². The summed E-state index contributed by atoms with van der Waals surface area (Å²) >= 11 is 6.04. The number of nitrogens with zero attached hydrogens (tertiary/aromatic N) is 2. The van der Waals surface area contributed by atoms with Crippen LogP contribution < -0.4 is 15.1 Å². The first kappa shape index (κ1) is 16.8. The smallest absolute Gasteiger partial charge is 0.512 e. The van der Waals surface area contributed by atoms with Crippen molar-refractivity contribution in [2.24, 2.45) is 14.1 Å². The van der Waals surface area contributed by atoms with Gasteiger partial charge in [0, 0.05) is 17.9 Å². The number of aromatic hydroxyl groups is 1. The zero-order valence-electron chi connectivity index (χ0n) is 14.6. The van der Waals surface area contributed by atoms with Crippen LogP contribution in [0.4, 0.5) is 5.82 Å². The Balaban J connectivity index is 2.11. The predicted molar refractivity (Wildman–Crippen MR) is 97.0 cm³/mol. The minimum absolute atomic E-state index is 0.135. The molecule has 0 amide bonds. The van der Waals surface area contributed by atoms with Crippen LogP contribution in [-0.2, 0) is 14.1 Å². The third kappa shape index (κ3) is 2.36. The Morgan fingerprint density at radius 2 is 1.92 bits per heavy atom. The molecule has 1 aromatic carbocycles. The van der Waals surface area contributed by atoms with E-state index in [1.54, 1.807) is 23.7 Å². The van der Waals surface area contributed by atoms with Crippen LogP contribution in [0, 0.1) is 0 Å². The summed E-state index contributed by atoms with van der Waals surface area (Å²) in [5.74, 6) is 0.449. The molecule has 134 valence electrons. The van der Waals surface area contributed by atoms with Crippen LogP contribution in [0.1, 0.15) is 36.3 Å². The van der Waals surface area contributed by atoms with Gasteiger partial charge < -0.3 is 10.2 Å². The van der Waals surface area contributed by atoms with E-state index in [1.165, 1.54) is 11.6 Å². The van der Waals surface area contributed by atoms with E-state index in [2.05, 4.69) is 4.99 Å². The molecule has 3 N–H and O–H groups in total. The summed E-state index contributed by atoms with van der Waals surface area (Å²) < 4.78 is 2.78. The number of aromatic nitrogens is 2. The second kappa shape index (κ2) is 5.99. The summed E-state index contributed by atoms with van der Waals surface area (Å²) in [4.78, 5) is 16.3. The molecular formula is C19H20ClN3O3+2. The maximum atomic E-state index is 13.0. The van der Waals surface area contributed by atoms with Gasteiger partial charge in [-0.25, -0.2) is 9.79 Å². The van der Waals surface area contributed by atoms with Crippen molar-refractivity contribution in [2.75, 3.05) is 0 Å². The highest BCUT2D eigenvalue weighted by Crippen LogP contribution is 2.39. The van der Waals surface area contributed by atoms with Crippen molar-refractivity contribution in [2.45, 2.75) is 25.2 Å². The number of benzene rings is 1. The lowest BCUT2D eigenvalue weighted by Crippen LogP contribution is -2.76. The molecule has 1 aromatic heterocycles. The van der Waals surface area contributed by atoms with Crippen molar-refractivity contribution in [3.05, 3.63) is 62.1 Å². The highest BCUT2D eigenvalue weighted by atomic mass is 35.5. The Morgan fingerprint density at radius 3 is 2.62 bits per heavy atom. The van der Waals surface area contributed by atoms with Crippen LogP contribution in [0.15, 0.2) is 40.4 Å². The standard InChI is InChI=1S/C19H18ClN3O3/c1-22-17-16(18(25)23(2)19(22)26)14(10-6-8-11(20)9-7-10)15-12(21-17)4-3-5-13(15)24/h6-9,14H,3-5H2,1-2H3,(H,21,24,25)/p+2. The molecule has 1 aliphatic carbocycles. The number of halogens is 1. The Kier molecular flexibility index (Phi) is 3.88. The maximum Gasteiger partial charge on any atom is 0.519 e. The average Bonchev–Trinajstić information content (AvgIpc) is 2.64. The lowest BCUT2D eigenvalue weighted by Gasteiger charge is -2.27. The largest absolute Gasteiger partial charge is 0.519 e. The maximum absolute atomic E-state index is 13.0. The van der Waals surface area contributed by atoms with Crippen molar-refractivity contribution in [3.8, 4) is 6.01 Å². The number of hydrogen-bond donors (Lipinski definition) is 3. The average molecular weight is 374 g/mol. The summed E-state index contributed by atoms with van der Waals surface area (Å²) in [6, 6.07) is 7.18. The lowest BCUT2D eigenvalue weighted by atomic mass is 9.77. The molecule has 4 rings (SSSR count). The minimum Gasteiger partial charge on any atom is -0.512 e. The monoisotopic (exact) mass is 373 g/mol. The van der Waals surface area contributed by atoms with Crippen molar-refractivity contribution in [1.29, 1.82) is 0 Å². The fourth-order valence-corrected chi connectivity index (χ4v) is 4.04. The van der Waals surface area contributed by atoms with Crippen LogP contribution in [0.25, 0.3) is 0 Å². The van der Waals surface area contributed by atoms with Gasteiger partial charge in [-0.2, -0.15) is 0 Å². The number of allylic oxidation sites excluding steroid dienone is 2. The van der Waals surface area contributed by atoms with Crippen molar-refractivity contribution in [3.63, 3.8) is 0 Å². The van der Waals surface area contributed by atoms with Crippen LogP contribution in [-0.4, -0.2) is 20.5 Å². The summed E-state index contributed by atoms with van der Waals surface area (Å²) in [5, 5.41) is 21.5. The molecule has 0 bridgehead atoms. The first-order valence-electron chi connectivity index (χ1n) is 8.52. The third-order valence-corrected chi connectivity index (χ3v) is 5.50.